The molecule has 0 saturated heterocycles. The summed E-state index contributed by atoms with van der Waals surface area (Å²) in [6, 6.07) is 18.0. The Bertz CT molecular complexity index is 1550. The van der Waals surface area contributed by atoms with Gasteiger partial charge >= 0.3 is 0 Å². The minimum atomic E-state index is -1.32. The van der Waals surface area contributed by atoms with E-state index in [1.807, 2.05) is 0 Å². The number of benzene rings is 3. The number of aryl methyl sites for hydroxylation is 1. The first kappa shape index (κ1) is 24.0. The predicted molar refractivity (Wildman–Crippen MR) is 133 cm³/mol. The van der Waals surface area contributed by atoms with Crippen LogP contribution in [0.3, 0.4) is 0 Å². The van der Waals surface area contributed by atoms with Crippen LogP contribution >= 0.6 is 0 Å². The maximum Gasteiger partial charge on any atom is 0.272 e. The lowest BCUT2D eigenvalue weighted by molar-refractivity contribution is -0.385. The van der Waals surface area contributed by atoms with Gasteiger partial charge in [0.2, 0.25) is 0 Å². The van der Waals surface area contributed by atoms with Crippen molar-refractivity contribution in [1.82, 2.24) is 20.9 Å². The molecule has 4 rings (SSSR count). The number of fused-ring (bicyclic) bond motifs is 1. The molecule has 0 saturated carbocycles. The standard InChI is InChI=1S/C25H20N6O5/c1-15-11-12-16(13-20(15)31(35)36)14-26-29-25(34)22(27-23(32)17-7-3-2-4-8-17)21-18-9-5-6-10-19(18)24(33)30-28-21/h2-14,22H,1H3,(H,27,32)(H,29,34)(H,30,33)/t22-/m0/s1. The second-order valence-electron chi connectivity index (χ2n) is 7.79. The summed E-state index contributed by atoms with van der Waals surface area (Å²) in [5.74, 6) is -1.27. The van der Waals surface area contributed by atoms with Crippen molar-refractivity contribution in [3.63, 3.8) is 0 Å². The largest absolute Gasteiger partial charge is 0.335 e. The van der Waals surface area contributed by atoms with Gasteiger partial charge in [-0.1, -0.05) is 48.5 Å². The van der Waals surface area contributed by atoms with E-state index in [2.05, 4.69) is 26.0 Å². The van der Waals surface area contributed by atoms with Crippen molar-refractivity contribution < 1.29 is 14.5 Å². The number of nitrogens with zero attached hydrogens (tertiary/aromatic N) is 3. The third kappa shape index (κ3) is 5.14. The van der Waals surface area contributed by atoms with E-state index < -0.39 is 28.3 Å². The van der Waals surface area contributed by atoms with Crippen LogP contribution < -0.4 is 16.3 Å². The van der Waals surface area contributed by atoms with Crippen LogP contribution in [0, 0.1) is 17.0 Å². The van der Waals surface area contributed by atoms with Gasteiger partial charge in [-0.2, -0.15) is 10.2 Å². The molecule has 4 aromatic rings. The van der Waals surface area contributed by atoms with Crippen LogP contribution in [-0.2, 0) is 4.79 Å². The summed E-state index contributed by atoms with van der Waals surface area (Å²) in [6.45, 7) is 1.61. The van der Waals surface area contributed by atoms with E-state index in [1.165, 1.54) is 12.3 Å². The summed E-state index contributed by atoms with van der Waals surface area (Å²) in [7, 11) is 0. The SMILES string of the molecule is Cc1ccc(C=NNC(=O)[C@@H](NC(=O)c2ccccc2)c2n[nH]c(=O)c3ccccc23)cc1[N+](=O)[O-]. The number of H-pyrrole nitrogens is 1. The molecular formula is C25H20N6O5. The monoisotopic (exact) mass is 484 g/mol. The maximum absolute atomic E-state index is 13.2. The van der Waals surface area contributed by atoms with Crippen molar-refractivity contribution in [3.05, 3.63) is 116 Å². The van der Waals surface area contributed by atoms with Crippen molar-refractivity contribution >= 4 is 34.5 Å². The number of hydrogen-bond donors (Lipinski definition) is 3. The van der Waals surface area contributed by atoms with Crippen LogP contribution in [0.4, 0.5) is 5.69 Å². The zero-order valence-electron chi connectivity index (χ0n) is 19.0. The van der Waals surface area contributed by atoms with Crippen LogP contribution in [-0.4, -0.2) is 33.1 Å². The molecule has 3 aromatic carbocycles. The number of nitrogens with one attached hydrogen (secondary N) is 3. The number of carbonyl (C=O) groups is 2. The summed E-state index contributed by atoms with van der Waals surface area (Å²) < 4.78 is 0. The lowest BCUT2D eigenvalue weighted by atomic mass is 10.0. The quantitative estimate of drug-likeness (QED) is 0.208. The molecule has 0 bridgehead atoms. The number of hydrazone groups is 1. The average molecular weight is 484 g/mol. The molecule has 11 heteroatoms. The van der Waals surface area contributed by atoms with Crippen LogP contribution in [0.15, 0.2) is 82.7 Å². The molecule has 36 heavy (non-hydrogen) atoms. The van der Waals surface area contributed by atoms with Gasteiger partial charge in [0.1, 0.15) is 5.69 Å². The Labute approximate surface area is 204 Å². The van der Waals surface area contributed by atoms with Crippen LogP contribution in [0.2, 0.25) is 0 Å². The Balaban J connectivity index is 1.66. The number of rotatable bonds is 7. The van der Waals surface area contributed by atoms with E-state index in [9.17, 15) is 24.5 Å². The van der Waals surface area contributed by atoms with Crippen LogP contribution in [0.5, 0.6) is 0 Å². The Morgan fingerprint density at radius 2 is 1.75 bits per heavy atom. The molecule has 180 valence electrons. The minimum absolute atomic E-state index is 0.0813. The van der Waals surface area contributed by atoms with Crippen LogP contribution in [0.1, 0.15) is 33.2 Å². The molecule has 0 aliphatic carbocycles. The Morgan fingerprint density at radius 3 is 2.47 bits per heavy atom. The highest BCUT2D eigenvalue weighted by atomic mass is 16.6. The smallest absolute Gasteiger partial charge is 0.272 e. The van der Waals surface area contributed by atoms with Gasteiger partial charge in [-0.3, -0.25) is 24.5 Å². The van der Waals surface area contributed by atoms with Gasteiger partial charge in [0.25, 0.3) is 23.1 Å². The van der Waals surface area contributed by atoms with Gasteiger partial charge in [-0.05, 0) is 25.1 Å². The summed E-state index contributed by atoms with van der Waals surface area (Å²) in [6.07, 6.45) is 1.25. The molecule has 0 spiro atoms. The molecule has 3 N–H and O–H groups in total. The zero-order valence-corrected chi connectivity index (χ0v) is 19.0. The normalized spacial score (nSPS) is 11.8. The van der Waals surface area contributed by atoms with Crippen LogP contribution in [0.25, 0.3) is 10.8 Å². The number of nitro groups is 1. The fourth-order valence-electron chi connectivity index (χ4n) is 3.56. The molecule has 0 unspecified atom stereocenters. The molecular weight excluding hydrogens is 464 g/mol. The first-order valence-electron chi connectivity index (χ1n) is 10.8. The number of carbonyl (C=O) groups excluding carboxylic acids is 2. The van der Waals surface area contributed by atoms with Crippen molar-refractivity contribution in [2.24, 2.45) is 5.10 Å². The summed E-state index contributed by atoms with van der Waals surface area (Å²) in [4.78, 5) is 48.9. The lowest BCUT2D eigenvalue weighted by Gasteiger charge is -2.18. The maximum atomic E-state index is 13.2. The predicted octanol–water partition coefficient (Wildman–Crippen LogP) is 2.76. The highest BCUT2D eigenvalue weighted by Gasteiger charge is 2.27. The van der Waals surface area contributed by atoms with Crippen molar-refractivity contribution in [2.75, 3.05) is 0 Å². The molecule has 0 radical (unpaired) electrons. The molecule has 1 atom stereocenters. The molecule has 0 fully saturated rings. The second kappa shape index (κ2) is 10.4. The summed E-state index contributed by atoms with van der Waals surface area (Å²) in [5, 5.41) is 24.8. The van der Waals surface area contributed by atoms with Gasteiger partial charge in [-0.15, -0.1) is 0 Å². The fourth-order valence-corrected chi connectivity index (χ4v) is 3.56. The van der Waals surface area contributed by atoms with Gasteiger partial charge in [0.05, 0.1) is 16.5 Å². The zero-order chi connectivity index (χ0) is 25.7. The summed E-state index contributed by atoms with van der Waals surface area (Å²) in [5.41, 5.74) is 3.14. The Morgan fingerprint density at radius 1 is 1.06 bits per heavy atom. The Kier molecular flexibility index (Phi) is 6.91. The highest BCUT2D eigenvalue weighted by molar-refractivity contribution is 5.99. The van der Waals surface area contributed by atoms with Gasteiger partial charge in [0.15, 0.2) is 6.04 Å². The van der Waals surface area contributed by atoms with E-state index in [0.717, 1.165) is 0 Å². The van der Waals surface area contributed by atoms with Gasteiger partial charge in [0, 0.05) is 28.1 Å². The van der Waals surface area contributed by atoms with Crippen molar-refractivity contribution in [3.8, 4) is 0 Å². The van der Waals surface area contributed by atoms with E-state index in [-0.39, 0.29) is 11.4 Å². The number of hydrogen-bond acceptors (Lipinski definition) is 7. The molecule has 1 aromatic heterocycles. The molecule has 0 aliphatic heterocycles. The number of amides is 2. The third-order valence-electron chi connectivity index (χ3n) is 5.39. The first-order valence-corrected chi connectivity index (χ1v) is 10.8. The van der Waals surface area contributed by atoms with Crippen molar-refractivity contribution in [2.45, 2.75) is 13.0 Å². The number of aromatic nitrogens is 2. The lowest BCUT2D eigenvalue weighted by Crippen LogP contribution is -2.40. The molecule has 1 heterocycles. The number of aromatic amines is 1. The third-order valence-corrected chi connectivity index (χ3v) is 5.39. The Hall–Kier alpha value is -5.19. The summed E-state index contributed by atoms with van der Waals surface area (Å²) >= 11 is 0. The van der Waals surface area contributed by atoms with E-state index in [0.29, 0.717) is 27.5 Å². The van der Waals surface area contributed by atoms with E-state index in [4.69, 9.17) is 0 Å². The molecule has 2 amide bonds. The van der Waals surface area contributed by atoms with Crippen molar-refractivity contribution in [1.29, 1.82) is 0 Å². The highest BCUT2D eigenvalue weighted by Crippen LogP contribution is 2.21. The molecule has 11 nitrogen and oxygen atoms in total. The van der Waals surface area contributed by atoms with E-state index >= 15 is 0 Å². The minimum Gasteiger partial charge on any atom is -0.335 e. The average Bonchev–Trinajstić information content (AvgIpc) is 2.89. The topological polar surface area (TPSA) is 159 Å². The second-order valence-corrected chi connectivity index (χ2v) is 7.79. The van der Waals surface area contributed by atoms with Gasteiger partial charge in [-0.25, -0.2) is 10.5 Å². The number of nitro benzene ring substituents is 1. The van der Waals surface area contributed by atoms with Gasteiger partial charge < -0.3 is 5.32 Å². The van der Waals surface area contributed by atoms with E-state index in [1.54, 1.807) is 73.7 Å². The first-order chi connectivity index (χ1) is 17.3. The fraction of sp³-hybridized carbons (Fsp3) is 0.0800. The molecule has 0 aliphatic rings.